The molecule has 68 valence electrons. The second-order valence-electron chi connectivity index (χ2n) is 2.90. The summed E-state index contributed by atoms with van der Waals surface area (Å²) >= 11 is 0. The molecular weight excluding hydrogens is 164 g/mol. The highest BCUT2D eigenvalue weighted by atomic mass is 19.3. The highest BCUT2D eigenvalue weighted by Gasteiger charge is 2.52. The van der Waals surface area contributed by atoms with Crippen LogP contribution in [-0.2, 0) is 4.79 Å². The van der Waals surface area contributed by atoms with E-state index in [9.17, 15) is 13.6 Å². The van der Waals surface area contributed by atoms with Crippen LogP contribution in [0.1, 0.15) is 12.8 Å². The van der Waals surface area contributed by atoms with Gasteiger partial charge < -0.3 is 5.32 Å². The average Bonchev–Trinajstić information content (AvgIpc) is 2.81. The normalized spacial score (nSPS) is 17.2. The minimum absolute atomic E-state index is 0.0984. The third-order valence-corrected chi connectivity index (χ3v) is 1.80. The van der Waals surface area contributed by atoms with E-state index in [1.54, 1.807) is 0 Å². The summed E-state index contributed by atoms with van der Waals surface area (Å²) in [6.45, 7) is 3.41. The van der Waals surface area contributed by atoms with Gasteiger partial charge in [0.1, 0.15) is 0 Å². The number of hydrogen-bond acceptors (Lipinski definition) is 1. The van der Waals surface area contributed by atoms with E-state index in [2.05, 4.69) is 11.9 Å². The minimum atomic E-state index is -3.18. The van der Waals surface area contributed by atoms with Gasteiger partial charge in [0.15, 0.2) is 0 Å². The lowest BCUT2D eigenvalue weighted by molar-refractivity contribution is -0.148. The Balaban J connectivity index is 2.43. The van der Waals surface area contributed by atoms with E-state index in [0.29, 0.717) is 12.8 Å². The maximum absolute atomic E-state index is 12.9. The Morgan fingerprint density at radius 3 is 2.67 bits per heavy atom. The van der Waals surface area contributed by atoms with Gasteiger partial charge in [0.2, 0.25) is 0 Å². The Hall–Kier alpha value is -0.930. The molecule has 4 heteroatoms. The van der Waals surface area contributed by atoms with Gasteiger partial charge in [-0.05, 0) is 12.8 Å². The zero-order valence-electron chi connectivity index (χ0n) is 6.65. The molecule has 0 spiro atoms. The van der Waals surface area contributed by atoms with Crippen molar-refractivity contribution in [2.45, 2.75) is 18.8 Å². The maximum Gasteiger partial charge on any atom is 0.327 e. The molecule has 1 N–H and O–H groups in total. The van der Waals surface area contributed by atoms with E-state index in [0.717, 1.165) is 0 Å². The van der Waals surface area contributed by atoms with Crippen molar-refractivity contribution in [1.29, 1.82) is 0 Å². The molecule has 1 aliphatic rings. The first-order valence-electron chi connectivity index (χ1n) is 3.86. The Morgan fingerprint density at radius 2 is 2.25 bits per heavy atom. The molecule has 0 unspecified atom stereocenters. The van der Waals surface area contributed by atoms with Crippen molar-refractivity contribution in [3.8, 4) is 0 Å². The van der Waals surface area contributed by atoms with E-state index in [-0.39, 0.29) is 6.54 Å². The molecule has 0 radical (unpaired) electrons. The van der Waals surface area contributed by atoms with E-state index in [1.807, 2.05) is 0 Å². The van der Waals surface area contributed by atoms with Gasteiger partial charge in [0.05, 0.1) is 0 Å². The van der Waals surface area contributed by atoms with Crippen LogP contribution in [0.3, 0.4) is 0 Å². The number of nitrogens with one attached hydrogen (secondary N) is 1. The molecular formula is C8H11F2NO. The maximum atomic E-state index is 12.9. The van der Waals surface area contributed by atoms with Gasteiger partial charge in [-0.15, -0.1) is 6.58 Å². The Bertz CT molecular complexity index is 199. The predicted molar refractivity (Wildman–Crippen MR) is 40.9 cm³/mol. The van der Waals surface area contributed by atoms with E-state index in [1.165, 1.54) is 6.08 Å². The third kappa shape index (κ3) is 1.81. The van der Waals surface area contributed by atoms with Gasteiger partial charge in [0.25, 0.3) is 5.91 Å². The molecule has 0 aromatic rings. The molecule has 0 bridgehead atoms. The zero-order chi connectivity index (χ0) is 9.19. The van der Waals surface area contributed by atoms with Crippen molar-refractivity contribution in [2.24, 2.45) is 5.92 Å². The van der Waals surface area contributed by atoms with Gasteiger partial charge in [-0.3, -0.25) is 4.79 Å². The molecule has 0 aromatic heterocycles. The lowest BCUT2D eigenvalue weighted by Crippen LogP contribution is -2.41. The molecule has 0 aliphatic heterocycles. The van der Waals surface area contributed by atoms with Crippen LogP contribution < -0.4 is 5.32 Å². The summed E-state index contributed by atoms with van der Waals surface area (Å²) in [4.78, 5) is 10.8. The van der Waals surface area contributed by atoms with Gasteiger partial charge in [-0.2, -0.15) is 8.78 Å². The minimum Gasteiger partial charge on any atom is -0.347 e. The number of halogens is 2. The van der Waals surface area contributed by atoms with E-state index in [4.69, 9.17) is 0 Å². The van der Waals surface area contributed by atoms with Crippen LogP contribution in [0, 0.1) is 5.92 Å². The van der Waals surface area contributed by atoms with Crippen LogP contribution in [0.25, 0.3) is 0 Å². The van der Waals surface area contributed by atoms with Crippen molar-refractivity contribution >= 4 is 5.91 Å². The smallest absolute Gasteiger partial charge is 0.327 e. The van der Waals surface area contributed by atoms with Crippen LogP contribution >= 0.6 is 0 Å². The Kier molecular flexibility index (Phi) is 2.45. The summed E-state index contributed by atoms with van der Waals surface area (Å²) in [7, 11) is 0. The van der Waals surface area contributed by atoms with Crippen LogP contribution in [0.5, 0.6) is 0 Å². The molecule has 1 amide bonds. The fourth-order valence-corrected chi connectivity index (χ4v) is 0.914. The first kappa shape index (κ1) is 9.16. The Labute approximate surface area is 69.6 Å². The zero-order valence-corrected chi connectivity index (χ0v) is 6.65. The second kappa shape index (κ2) is 3.21. The molecule has 1 rings (SSSR count). The molecule has 0 saturated heterocycles. The topological polar surface area (TPSA) is 29.1 Å². The lowest BCUT2D eigenvalue weighted by atomic mass is 10.2. The fraction of sp³-hybridized carbons (Fsp3) is 0.625. The summed E-state index contributed by atoms with van der Waals surface area (Å²) in [5.74, 6) is -5.09. The van der Waals surface area contributed by atoms with Crippen molar-refractivity contribution in [1.82, 2.24) is 5.32 Å². The summed E-state index contributed by atoms with van der Waals surface area (Å²) in [6.07, 6.45) is 2.28. The third-order valence-electron chi connectivity index (χ3n) is 1.80. The van der Waals surface area contributed by atoms with Crippen LogP contribution in [0.15, 0.2) is 12.7 Å². The first-order chi connectivity index (χ1) is 5.59. The van der Waals surface area contributed by atoms with Crippen molar-refractivity contribution in [2.75, 3.05) is 6.54 Å². The number of carbonyl (C=O) groups is 1. The van der Waals surface area contributed by atoms with Crippen molar-refractivity contribution in [3.63, 3.8) is 0 Å². The number of alkyl halides is 2. The predicted octanol–water partition coefficient (Wildman–Crippen LogP) is 1.33. The summed E-state index contributed by atoms with van der Waals surface area (Å²) in [6, 6.07) is 0. The largest absolute Gasteiger partial charge is 0.347 e. The van der Waals surface area contributed by atoms with Crippen LogP contribution in [-0.4, -0.2) is 18.4 Å². The molecule has 1 aliphatic carbocycles. The summed E-state index contributed by atoms with van der Waals surface area (Å²) in [5.41, 5.74) is 0. The van der Waals surface area contributed by atoms with E-state index < -0.39 is 17.7 Å². The molecule has 1 fully saturated rings. The van der Waals surface area contributed by atoms with Crippen LogP contribution in [0.2, 0.25) is 0 Å². The molecule has 12 heavy (non-hydrogen) atoms. The molecule has 0 atom stereocenters. The standard InChI is InChI=1S/C8H11F2NO/c1-2-5-11-7(12)8(9,10)6-3-4-6/h2,6H,1,3-5H2,(H,11,12). The van der Waals surface area contributed by atoms with Gasteiger partial charge in [-0.1, -0.05) is 6.08 Å². The quantitative estimate of drug-likeness (QED) is 0.642. The molecule has 1 saturated carbocycles. The Morgan fingerprint density at radius 1 is 1.67 bits per heavy atom. The van der Waals surface area contributed by atoms with Crippen molar-refractivity contribution < 1.29 is 13.6 Å². The van der Waals surface area contributed by atoms with Crippen molar-refractivity contribution in [3.05, 3.63) is 12.7 Å². The molecule has 0 aromatic carbocycles. The summed E-state index contributed by atoms with van der Waals surface area (Å²) < 4.78 is 25.8. The SMILES string of the molecule is C=CCNC(=O)C(F)(F)C1CC1. The highest BCUT2D eigenvalue weighted by molar-refractivity contribution is 5.84. The fourth-order valence-electron chi connectivity index (χ4n) is 0.914. The van der Waals surface area contributed by atoms with Gasteiger partial charge >= 0.3 is 5.92 Å². The van der Waals surface area contributed by atoms with Gasteiger partial charge in [0, 0.05) is 12.5 Å². The molecule has 2 nitrogen and oxygen atoms in total. The molecule has 0 heterocycles. The number of rotatable bonds is 4. The average molecular weight is 175 g/mol. The first-order valence-corrected chi connectivity index (χ1v) is 3.86. The number of hydrogen-bond donors (Lipinski definition) is 1. The summed E-state index contributed by atoms with van der Waals surface area (Å²) in [5, 5.41) is 2.09. The van der Waals surface area contributed by atoms with E-state index >= 15 is 0 Å². The number of amides is 1. The second-order valence-corrected chi connectivity index (χ2v) is 2.90. The van der Waals surface area contributed by atoms with Crippen LogP contribution in [0.4, 0.5) is 8.78 Å². The highest BCUT2D eigenvalue weighted by Crippen LogP contribution is 2.43. The monoisotopic (exact) mass is 175 g/mol. The lowest BCUT2D eigenvalue weighted by Gasteiger charge is -2.13. The number of carbonyl (C=O) groups excluding carboxylic acids is 1. The van der Waals surface area contributed by atoms with Gasteiger partial charge in [-0.25, -0.2) is 0 Å².